The Kier molecular flexibility index (Phi) is 3.65. The molecule has 0 unspecified atom stereocenters. The number of carbonyl (C=O) groups is 1. The summed E-state index contributed by atoms with van der Waals surface area (Å²) in [6.07, 6.45) is 1.62. The highest BCUT2D eigenvalue weighted by Gasteiger charge is 2.07. The summed E-state index contributed by atoms with van der Waals surface area (Å²) < 4.78 is 26.0. The average Bonchev–Trinajstić information content (AvgIpc) is 2.87. The number of amides is 2. The van der Waals surface area contributed by atoms with E-state index in [1.54, 1.807) is 12.3 Å². The van der Waals surface area contributed by atoms with Crippen LogP contribution in [0.1, 0.15) is 5.82 Å². The molecule has 8 heteroatoms. The number of rotatable bonds is 3. The van der Waals surface area contributed by atoms with Crippen molar-refractivity contribution < 1.29 is 13.6 Å². The molecule has 6 nitrogen and oxygen atoms in total. The molecule has 0 aliphatic heterocycles. The van der Waals surface area contributed by atoms with Crippen LogP contribution in [-0.4, -0.2) is 21.0 Å². The smallest absolute Gasteiger partial charge is 0.319 e. The largest absolute Gasteiger partial charge is 0.339 e. The van der Waals surface area contributed by atoms with Crippen molar-refractivity contribution >= 4 is 22.9 Å². The SMILES string of the molecule is O=C(NCc1nc2ncccc2[nH]1)Nc1cc(F)cc(F)c1. The number of imidazole rings is 1. The number of anilines is 1. The molecule has 3 N–H and O–H groups in total. The number of benzene rings is 1. The maximum absolute atomic E-state index is 13.0. The van der Waals surface area contributed by atoms with Crippen molar-refractivity contribution in [3.8, 4) is 0 Å². The quantitative estimate of drug-likeness (QED) is 0.695. The van der Waals surface area contributed by atoms with Crippen molar-refractivity contribution in [3.63, 3.8) is 0 Å². The highest BCUT2D eigenvalue weighted by molar-refractivity contribution is 5.89. The van der Waals surface area contributed by atoms with Gasteiger partial charge in [-0.1, -0.05) is 0 Å². The highest BCUT2D eigenvalue weighted by atomic mass is 19.1. The third-order valence-corrected chi connectivity index (χ3v) is 2.84. The molecule has 2 heterocycles. The van der Waals surface area contributed by atoms with E-state index >= 15 is 0 Å². The number of hydrogen-bond donors (Lipinski definition) is 3. The molecular weight excluding hydrogens is 292 g/mol. The van der Waals surface area contributed by atoms with Crippen LogP contribution in [0.5, 0.6) is 0 Å². The fraction of sp³-hybridized carbons (Fsp3) is 0.0714. The van der Waals surface area contributed by atoms with Crippen LogP contribution in [0, 0.1) is 11.6 Å². The molecule has 0 aliphatic rings. The normalized spacial score (nSPS) is 10.6. The Morgan fingerprint density at radius 2 is 2.00 bits per heavy atom. The maximum atomic E-state index is 13.0. The Morgan fingerprint density at radius 1 is 1.23 bits per heavy atom. The molecule has 0 saturated heterocycles. The zero-order chi connectivity index (χ0) is 15.5. The van der Waals surface area contributed by atoms with Gasteiger partial charge in [0.1, 0.15) is 17.5 Å². The highest BCUT2D eigenvalue weighted by Crippen LogP contribution is 2.12. The predicted molar refractivity (Wildman–Crippen MR) is 76.1 cm³/mol. The average molecular weight is 303 g/mol. The standard InChI is InChI=1S/C14H11F2N5O/c15-8-4-9(16)6-10(5-8)19-14(22)18-7-12-20-11-2-1-3-17-13(11)21-12/h1-6H,7H2,(H,17,20,21)(H2,18,19,22). The van der Waals surface area contributed by atoms with Gasteiger partial charge in [0, 0.05) is 18.0 Å². The van der Waals surface area contributed by atoms with Crippen molar-refractivity contribution in [2.24, 2.45) is 0 Å². The first-order valence-electron chi connectivity index (χ1n) is 6.41. The summed E-state index contributed by atoms with van der Waals surface area (Å²) in [5, 5.41) is 4.87. The summed E-state index contributed by atoms with van der Waals surface area (Å²) in [5.74, 6) is -1.01. The van der Waals surface area contributed by atoms with Gasteiger partial charge >= 0.3 is 6.03 Å². The van der Waals surface area contributed by atoms with Crippen LogP contribution in [0.25, 0.3) is 11.2 Å². The molecule has 1 aromatic carbocycles. The molecule has 0 spiro atoms. The Bertz CT molecular complexity index is 780. The van der Waals surface area contributed by atoms with Crippen LogP contribution in [0.2, 0.25) is 0 Å². The molecule has 0 aliphatic carbocycles. The minimum atomic E-state index is -0.765. The summed E-state index contributed by atoms with van der Waals surface area (Å²) >= 11 is 0. The van der Waals surface area contributed by atoms with Crippen LogP contribution in [-0.2, 0) is 6.54 Å². The first-order valence-corrected chi connectivity index (χ1v) is 6.41. The van der Waals surface area contributed by atoms with Crippen LogP contribution in [0.3, 0.4) is 0 Å². The number of aromatic amines is 1. The molecule has 0 atom stereocenters. The predicted octanol–water partition coefficient (Wildman–Crippen LogP) is 2.56. The summed E-state index contributed by atoms with van der Waals surface area (Å²) in [7, 11) is 0. The number of urea groups is 1. The molecule has 0 saturated carbocycles. The molecule has 0 bridgehead atoms. The lowest BCUT2D eigenvalue weighted by molar-refractivity contribution is 0.251. The second-order valence-electron chi connectivity index (χ2n) is 4.52. The minimum absolute atomic E-state index is 0.0290. The number of hydrogen-bond acceptors (Lipinski definition) is 3. The second kappa shape index (κ2) is 5.76. The Hall–Kier alpha value is -3.03. The second-order valence-corrected chi connectivity index (χ2v) is 4.52. The number of H-pyrrole nitrogens is 1. The van der Waals surface area contributed by atoms with Crippen molar-refractivity contribution in [3.05, 3.63) is 54.0 Å². The molecule has 3 aromatic rings. The molecule has 3 rings (SSSR count). The summed E-state index contributed by atoms with van der Waals surface area (Å²) in [4.78, 5) is 22.9. The number of nitrogens with zero attached hydrogens (tertiary/aromatic N) is 2. The van der Waals surface area contributed by atoms with Crippen molar-refractivity contribution in [1.29, 1.82) is 0 Å². The Morgan fingerprint density at radius 3 is 2.73 bits per heavy atom. The van der Waals surface area contributed by atoms with Crippen LogP contribution in [0.15, 0.2) is 36.5 Å². The molecule has 2 aromatic heterocycles. The number of aromatic nitrogens is 3. The monoisotopic (exact) mass is 303 g/mol. The fourth-order valence-electron chi connectivity index (χ4n) is 1.94. The summed E-state index contributed by atoms with van der Waals surface area (Å²) in [6.45, 7) is 0.125. The van der Waals surface area contributed by atoms with Gasteiger partial charge in [0.15, 0.2) is 5.65 Å². The van der Waals surface area contributed by atoms with Gasteiger partial charge in [0.2, 0.25) is 0 Å². The van der Waals surface area contributed by atoms with E-state index < -0.39 is 17.7 Å². The van der Waals surface area contributed by atoms with Gasteiger partial charge in [-0.3, -0.25) is 0 Å². The number of fused-ring (bicyclic) bond motifs is 1. The van der Waals surface area contributed by atoms with Crippen LogP contribution < -0.4 is 10.6 Å². The van der Waals surface area contributed by atoms with Gasteiger partial charge in [0.25, 0.3) is 0 Å². The number of carbonyl (C=O) groups excluding carboxylic acids is 1. The van der Waals surface area contributed by atoms with E-state index in [2.05, 4.69) is 25.6 Å². The summed E-state index contributed by atoms with van der Waals surface area (Å²) in [6, 6.07) is 5.75. The van der Waals surface area contributed by atoms with Gasteiger partial charge in [-0.2, -0.15) is 0 Å². The fourth-order valence-corrected chi connectivity index (χ4v) is 1.94. The van der Waals surface area contributed by atoms with Crippen LogP contribution >= 0.6 is 0 Å². The van der Waals surface area contributed by atoms with Crippen molar-refractivity contribution in [1.82, 2.24) is 20.3 Å². The van der Waals surface area contributed by atoms with E-state index in [9.17, 15) is 13.6 Å². The van der Waals surface area contributed by atoms with Crippen LogP contribution in [0.4, 0.5) is 19.3 Å². The van der Waals surface area contributed by atoms with E-state index in [1.807, 2.05) is 6.07 Å². The number of pyridine rings is 1. The lowest BCUT2D eigenvalue weighted by Crippen LogP contribution is -2.28. The number of nitrogens with one attached hydrogen (secondary N) is 3. The molecular formula is C14H11F2N5O. The third-order valence-electron chi connectivity index (χ3n) is 2.84. The molecule has 0 radical (unpaired) electrons. The van der Waals surface area contributed by atoms with E-state index in [0.29, 0.717) is 11.5 Å². The lowest BCUT2D eigenvalue weighted by Gasteiger charge is -2.06. The zero-order valence-corrected chi connectivity index (χ0v) is 11.2. The molecule has 112 valence electrons. The first kappa shape index (κ1) is 13.9. The number of halogens is 2. The minimum Gasteiger partial charge on any atom is -0.339 e. The van der Waals surface area contributed by atoms with Gasteiger partial charge in [0.05, 0.1) is 12.1 Å². The van der Waals surface area contributed by atoms with Gasteiger partial charge in [-0.25, -0.2) is 23.5 Å². The summed E-state index contributed by atoms with van der Waals surface area (Å²) in [5.41, 5.74) is 1.33. The molecule has 2 amide bonds. The lowest BCUT2D eigenvalue weighted by atomic mass is 10.3. The Labute approximate surface area is 123 Å². The topological polar surface area (TPSA) is 82.7 Å². The Balaban J connectivity index is 1.62. The third kappa shape index (κ3) is 3.17. The van der Waals surface area contributed by atoms with E-state index in [1.165, 1.54) is 0 Å². The zero-order valence-electron chi connectivity index (χ0n) is 11.2. The van der Waals surface area contributed by atoms with Crippen molar-refractivity contribution in [2.75, 3.05) is 5.32 Å². The maximum Gasteiger partial charge on any atom is 0.319 e. The van der Waals surface area contributed by atoms with E-state index in [4.69, 9.17) is 0 Å². The van der Waals surface area contributed by atoms with Gasteiger partial charge in [-0.05, 0) is 24.3 Å². The first-order chi connectivity index (χ1) is 10.6. The van der Waals surface area contributed by atoms with E-state index in [-0.39, 0.29) is 12.2 Å². The molecule has 0 fully saturated rings. The molecule has 22 heavy (non-hydrogen) atoms. The van der Waals surface area contributed by atoms with Gasteiger partial charge in [-0.15, -0.1) is 0 Å². The van der Waals surface area contributed by atoms with Gasteiger partial charge < -0.3 is 15.6 Å². The van der Waals surface area contributed by atoms with Crippen molar-refractivity contribution in [2.45, 2.75) is 6.54 Å². The van der Waals surface area contributed by atoms with E-state index in [0.717, 1.165) is 23.7 Å².